The number of amides is 2. The van der Waals surface area contributed by atoms with E-state index in [9.17, 15) is 9.59 Å². The van der Waals surface area contributed by atoms with E-state index in [-0.39, 0.29) is 11.8 Å². The molecule has 0 spiro atoms. The van der Waals surface area contributed by atoms with Gasteiger partial charge in [0.2, 0.25) is 11.8 Å². The number of carbonyl (C=O) groups excluding carboxylic acids is 2. The van der Waals surface area contributed by atoms with Crippen LogP contribution in [0.1, 0.15) is 27.2 Å². The Morgan fingerprint density at radius 1 is 1.44 bits per heavy atom. The Balaban J connectivity index is 2.74. The van der Waals surface area contributed by atoms with Crippen LogP contribution in [0.4, 0.5) is 0 Å². The van der Waals surface area contributed by atoms with E-state index in [4.69, 9.17) is 5.73 Å². The summed E-state index contributed by atoms with van der Waals surface area (Å²) in [7, 11) is 1.75. The van der Waals surface area contributed by atoms with Gasteiger partial charge in [0.1, 0.15) is 0 Å². The summed E-state index contributed by atoms with van der Waals surface area (Å²) in [5.41, 5.74) is 4.18. The lowest BCUT2D eigenvalue weighted by Gasteiger charge is -2.29. The van der Waals surface area contributed by atoms with Gasteiger partial charge in [-0.25, -0.2) is 0 Å². The zero-order valence-electron chi connectivity index (χ0n) is 10.5. The Hall–Kier alpha value is -1.10. The summed E-state index contributed by atoms with van der Waals surface area (Å²) in [5.74, 6) is -0.315. The van der Waals surface area contributed by atoms with Gasteiger partial charge in [-0.15, -0.1) is 0 Å². The summed E-state index contributed by atoms with van der Waals surface area (Å²) < 4.78 is 0. The van der Waals surface area contributed by atoms with Crippen LogP contribution in [0.2, 0.25) is 0 Å². The predicted molar refractivity (Wildman–Crippen MR) is 61.6 cm³/mol. The maximum absolute atomic E-state index is 12.1. The first-order valence-electron chi connectivity index (χ1n) is 5.51. The molecule has 3 N–H and O–H groups in total. The minimum absolute atomic E-state index is 0.0139. The van der Waals surface area contributed by atoms with Gasteiger partial charge in [-0.05, 0) is 34.2 Å². The van der Waals surface area contributed by atoms with Crippen LogP contribution >= 0.6 is 0 Å². The molecule has 16 heavy (non-hydrogen) atoms. The highest BCUT2D eigenvalue weighted by atomic mass is 16.2. The molecular formula is C11H21N3O2. The SMILES string of the molecule is CNC(C)(C)C(=O)N1CCC(C)(C(N)=O)C1. The van der Waals surface area contributed by atoms with Crippen LogP contribution in [-0.2, 0) is 9.59 Å². The van der Waals surface area contributed by atoms with Crippen LogP contribution in [0.5, 0.6) is 0 Å². The van der Waals surface area contributed by atoms with E-state index in [1.165, 1.54) is 0 Å². The lowest BCUT2D eigenvalue weighted by Crippen LogP contribution is -2.52. The van der Waals surface area contributed by atoms with Gasteiger partial charge in [0.05, 0.1) is 11.0 Å². The van der Waals surface area contributed by atoms with Gasteiger partial charge >= 0.3 is 0 Å². The summed E-state index contributed by atoms with van der Waals surface area (Å²) in [4.78, 5) is 25.1. The van der Waals surface area contributed by atoms with E-state index >= 15 is 0 Å². The molecule has 5 heteroatoms. The van der Waals surface area contributed by atoms with E-state index < -0.39 is 11.0 Å². The summed E-state index contributed by atoms with van der Waals surface area (Å²) in [5, 5.41) is 2.97. The second-order valence-corrected chi connectivity index (χ2v) is 5.28. The molecule has 1 unspecified atom stereocenters. The monoisotopic (exact) mass is 227 g/mol. The largest absolute Gasteiger partial charge is 0.369 e. The zero-order chi connectivity index (χ0) is 12.6. The van der Waals surface area contributed by atoms with Crippen molar-refractivity contribution < 1.29 is 9.59 Å². The predicted octanol–water partition coefficient (Wildman–Crippen LogP) is -0.292. The number of likely N-dealkylation sites (N-methyl/N-ethyl adjacent to an activating group) is 1. The molecule has 0 bridgehead atoms. The third-order valence-electron chi connectivity index (χ3n) is 3.52. The third-order valence-corrected chi connectivity index (χ3v) is 3.52. The molecule has 92 valence electrons. The first kappa shape index (κ1) is 13.0. The number of hydrogen-bond acceptors (Lipinski definition) is 3. The molecule has 1 fully saturated rings. The molecule has 0 aromatic heterocycles. The Morgan fingerprint density at radius 3 is 2.38 bits per heavy atom. The second-order valence-electron chi connectivity index (χ2n) is 5.28. The molecule has 5 nitrogen and oxygen atoms in total. The number of primary amides is 1. The highest BCUT2D eigenvalue weighted by Crippen LogP contribution is 2.30. The standard InChI is InChI=1S/C11H21N3O2/c1-10(2,13-4)9(16)14-6-5-11(3,7-14)8(12)15/h13H,5-7H2,1-4H3,(H2,12,15). The summed E-state index contributed by atoms with van der Waals surface area (Å²) in [6.45, 7) is 6.50. The van der Waals surface area contributed by atoms with Crippen molar-refractivity contribution in [2.24, 2.45) is 11.1 Å². The maximum atomic E-state index is 12.1. The minimum Gasteiger partial charge on any atom is -0.369 e. The first-order chi connectivity index (χ1) is 7.23. The van der Waals surface area contributed by atoms with Crippen molar-refractivity contribution in [1.29, 1.82) is 0 Å². The molecule has 1 atom stereocenters. The van der Waals surface area contributed by atoms with Gasteiger partial charge in [0.25, 0.3) is 0 Å². The van der Waals surface area contributed by atoms with Crippen molar-refractivity contribution in [3.05, 3.63) is 0 Å². The highest BCUT2D eigenvalue weighted by Gasteiger charge is 2.43. The molecule has 1 heterocycles. The van der Waals surface area contributed by atoms with Gasteiger partial charge in [0, 0.05) is 13.1 Å². The number of nitrogens with one attached hydrogen (secondary N) is 1. The molecule has 2 amide bonds. The molecule has 1 saturated heterocycles. The van der Waals surface area contributed by atoms with E-state index in [0.29, 0.717) is 19.5 Å². The van der Waals surface area contributed by atoms with Gasteiger partial charge in [0.15, 0.2) is 0 Å². The fraction of sp³-hybridized carbons (Fsp3) is 0.818. The third kappa shape index (κ3) is 2.19. The topological polar surface area (TPSA) is 75.4 Å². The molecule has 1 aliphatic heterocycles. The Morgan fingerprint density at radius 2 is 2.00 bits per heavy atom. The normalized spacial score (nSPS) is 25.9. The van der Waals surface area contributed by atoms with Crippen LogP contribution in [0.25, 0.3) is 0 Å². The Bertz CT molecular complexity index is 314. The summed E-state index contributed by atoms with van der Waals surface area (Å²) in [6, 6.07) is 0. The fourth-order valence-electron chi connectivity index (χ4n) is 1.84. The number of likely N-dealkylation sites (tertiary alicyclic amines) is 1. The van der Waals surface area contributed by atoms with Crippen LogP contribution in [0, 0.1) is 5.41 Å². The van der Waals surface area contributed by atoms with Gasteiger partial charge < -0.3 is 16.0 Å². The first-order valence-corrected chi connectivity index (χ1v) is 5.51. The molecule has 1 aliphatic rings. The van der Waals surface area contributed by atoms with Gasteiger partial charge in [-0.1, -0.05) is 0 Å². The average molecular weight is 227 g/mol. The van der Waals surface area contributed by atoms with Gasteiger partial charge in [-0.3, -0.25) is 9.59 Å². The van der Waals surface area contributed by atoms with Gasteiger partial charge in [-0.2, -0.15) is 0 Å². The van der Waals surface area contributed by atoms with Crippen LogP contribution in [0.3, 0.4) is 0 Å². The molecule has 0 aromatic carbocycles. The van der Waals surface area contributed by atoms with E-state index in [0.717, 1.165) is 0 Å². The van der Waals surface area contributed by atoms with Crippen molar-refractivity contribution in [1.82, 2.24) is 10.2 Å². The zero-order valence-corrected chi connectivity index (χ0v) is 10.5. The molecular weight excluding hydrogens is 206 g/mol. The van der Waals surface area contributed by atoms with E-state index in [1.807, 2.05) is 20.8 Å². The molecule has 1 rings (SSSR count). The van der Waals surface area contributed by atoms with Crippen molar-refractivity contribution in [2.45, 2.75) is 32.7 Å². The molecule has 0 radical (unpaired) electrons. The highest BCUT2D eigenvalue weighted by molar-refractivity contribution is 5.88. The molecule has 0 aliphatic carbocycles. The van der Waals surface area contributed by atoms with Crippen LogP contribution in [0.15, 0.2) is 0 Å². The van der Waals surface area contributed by atoms with E-state index in [2.05, 4.69) is 5.32 Å². The number of nitrogens with two attached hydrogens (primary N) is 1. The van der Waals surface area contributed by atoms with Crippen molar-refractivity contribution in [2.75, 3.05) is 20.1 Å². The number of carbonyl (C=O) groups is 2. The second kappa shape index (κ2) is 4.05. The van der Waals surface area contributed by atoms with Crippen LogP contribution < -0.4 is 11.1 Å². The average Bonchev–Trinajstić information content (AvgIpc) is 2.61. The maximum Gasteiger partial charge on any atom is 0.242 e. The quantitative estimate of drug-likeness (QED) is 0.695. The fourth-order valence-corrected chi connectivity index (χ4v) is 1.84. The lowest BCUT2D eigenvalue weighted by atomic mass is 9.89. The number of rotatable bonds is 3. The van der Waals surface area contributed by atoms with Crippen LogP contribution in [-0.4, -0.2) is 42.4 Å². The number of hydrogen-bond donors (Lipinski definition) is 2. The van der Waals surface area contributed by atoms with Crippen molar-refractivity contribution in [3.63, 3.8) is 0 Å². The molecule has 0 aromatic rings. The summed E-state index contributed by atoms with van der Waals surface area (Å²) in [6.07, 6.45) is 0.647. The van der Waals surface area contributed by atoms with Crippen molar-refractivity contribution >= 4 is 11.8 Å². The van der Waals surface area contributed by atoms with E-state index in [1.54, 1.807) is 11.9 Å². The Labute approximate surface area is 96.4 Å². The molecule has 0 saturated carbocycles. The Kier molecular flexibility index (Phi) is 3.28. The smallest absolute Gasteiger partial charge is 0.242 e. The summed E-state index contributed by atoms with van der Waals surface area (Å²) >= 11 is 0. The van der Waals surface area contributed by atoms with Crippen molar-refractivity contribution in [3.8, 4) is 0 Å². The minimum atomic E-state index is -0.594. The number of nitrogens with zero attached hydrogens (tertiary/aromatic N) is 1. The lowest BCUT2D eigenvalue weighted by molar-refractivity contribution is -0.136.